The molecule has 6 nitrogen and oxygen atoms in total. The topological polar surface area (TPSA) is 71.1 Å². The number of esters is 2. The fraction of sp³-hybridized carbons (Fsp3) is 0.474. The van der Waals surface area contributed by atoms with Gasteiger partial charge in [0.2, 0.25) is 0 Å². The van der Waals surface area contributed by atoms with Gasteiger partial charge in [-0.15, -0.1) is 0 Å². The Kier molecular flexibility index (Phi) is 6.07. The molecule has 136 valence electrons. The van der Waals surface area contributed by atoms with E-state index in [1.54, 1.807) is 25.1 Å². The number of benzene rings is 1. The number of rotatable bonds is 7. The van der Waals surface area contributed by atoms with Crippen molar-refractivity contribution in [1.29, 1.82) is 0 Å². The maximum absolute atomic E-state index is 12.3. The summed E-state index contributed by atoms with van der Waals surface area (Å²) in [6.07, 6.45) is 3.62. The summed E-state index contributed by atoms with van der Waals surface area (Å²) < 4.78 is 21.4. The number of hydrogen-bond donors (Lipinski definition) is 0. The molecule has 1 heterocycles. The predicted molar refractivity (Wildman–Crippen MR) is 92.3 cm³/mol. The Bertz CT molecular complexity index is 656. The van der Waals surface area contributed by atoms with Gasteiger partial charge < -0.3 is 18.9 Å². The van der Waals surface area contributed by atoms with Crippen LogP contribution in [0.4, 0.5) is 0 Å². The Morgan fingerprint density at radius 2 is 1.80 bits per heavy atom. The van der Waals surface area contributed by atoms with Crippen molar-refractivity contribution in [1.82, 2.24) is 0 Å². The second kappa shape index (κ2) is 8.05. The normalized spacial score (nSPS) is 19.9. The van der Waals surface area contributed by atoms with Crippen LogP contribution in [0.25, 0.3) is 6.08 Å². The van der Waals surface area contributed by atoms with Gasteiger partial charge in [-0.3, -0.25) is 0 Å². The minimum Gasteiger partial charge on any atom is -0.493 e. The SMILES string of the molecule is CCCCC1(C)OC(=O)C(=Cc2ccc(OCC)c(OC)c2)C(=O)O1. The zero-order valence-electron chi connectivity index (χ0n) is 15.1. The highest BCUT2D eigenvalue weighted by molar-refractivity contribution is 6.18. The van der Waals surface area contributed by atoms with Gasteiger partial charge in [0.05, 0.1) is 13.7 Å². The average molecular weight is 348 g/mol. The molecule has 1 aromatic carbocycles. The largest absolute Gasteiger partial charge is 0.493 e. The molecule has 1 aliphatic rings. The van der Waals surface area contributed by atoms with Gasteiger partial charge in [-0.1, -0.05) is 19.4 Å². The number of carbonyl (C=O) groups is 2. The highest BCUT2D eigenvalue weighted by Gasteiger charge is 2.41. The quantitative estimate of drug-likeness (QED) is 0.427. The molecule has 0 radical (unpaired) electrons. The molecule has 2 rings (SSSR count). The Morgan fingerprint density at radius 3 is 2.36 bits per heavy atom. The van der Waals surface area contributed by atoms with Gasteiger partial charge in [-0.2, -0.15) is 0 Å². The lowest BCUT2D eigenvalue weighted by molar-refractivity contribution is -0.230. The Balaban J connectivity index is 2.24. The summed E-state index contributed by atoms with van der Waals surface area (Å²) in [7, 11) is 1.52. The summed E-state index contributed by atoms with van der Waals surface area (Å²) in [5.41, 5.74) is 0.474. The van der Waals surface area contributed by atoms with E-state index in [1.807, 2.05) is 13.8 Å². The molecule has 0 saturated carbocycles. The van der Waals surface area contributed by atoms with Crippen molar-refractivity contribution in [3.8, 4) is 11.5 Å². The number of methoxy groups -OCH3 is 1. The third-order valence-electron chi connectivity index (χ3n) is 3.84. The van der Waals surface area contributed by atoms with Crippen molar-refractivity contribution in [2.24, 2.45) is 0 Å². The van der Waals surface area contributed by atoms with E-state index in [0.717, 1.165) is 12.8 Å². The third-order valence-corrected chi connectivity index (χ3v) is 3.84. The van der Waals surface area contributed by atoms with Crippen LogP contribution in [-0.4, -0.2) is 31.4 Å². The van der Waals surface area contributed by atoms with Crippen molar-refractivity contribution in [2.45, 2.75) is 45.8 Å². The van der Waals surface area contributed by atoms with E-state index in [-0.39, 0.29) is 5.57 Å². The van der Waals surface area contributed by atoms with Crippen molar-refractivity contribution in [2.75, 3.05) is 13.7 Å². The van der Waals surface area contributed by atoms with Crippen LogP contribution in [0.15, 0.2) is 23.8 Å². The first-order valence-electron chi connectivity index (χ1n) is 8.41. The number of hydrogen-bond acceptors (Lipinski definition) is 6. The molecule has 1 aromatic rings. The van der Waals surface area contributed by atoms with Gasteiger partial charge in [-0.25, -0.2) is 9.59 Å². The lowest BCUT2D eigenvalue weighted by atomic mass is 10.1. The number of unbranched alkanes of at least 4 members (excludes halogenated alkanes) is 1. The molecule has 0 unspecified atom stereocenters. The first-order valence-corrected chi connectivity index (χ1v) is 8.41. The van der Waals surface area contributed by atoms with Gasteiger partial charge >= 0.3 is 11.9 Å². The van der Waals surface area contributed by atoms with Crippen LogP contribution in [0, 0.1) is 0 Å². The Morgan fingerprint density at radius 1 is 1.12 bits per heavy atom. The molecule has 0 bridgehead atoms. The Labute approximate surface area is 147 Å². The van der Waals surface area contributed by atoms with E-state index < -0.39 is 17.7 Å². The number of carbonyl (C=O) groups excluding carboxylic acids is 2. The van der Waals surface area contributed by atoms with Crippen molar-refractivity contribution in [3.05, 3.63) is 29.3 Å². The highest BCUT2D eigenvalue weighted by atomic mass is 16.7. The summed E-state index contributed by atoms with van der Waals surface area (Å²) in [5, 5.41) is 0. The van der Waals surface area contributed by atoms with Crippen molar-refractivity contribution in [3.63, 3.8) is 0 Å². The fourth-order valence-electron chi connectivity index (χ4n) is 2.54. The van der Waals surface area contributed by atoms with Gasteiger partial charge in [0.15, 0.2) is 11.5 Å². The Hall–Kier alpha value is -2.50. The molecule has 0 spiro atoms. The second-order valence-corrected chi connectivity index (χ2v) is 5.92. The summed E-state index contributed by atoms with van der Waals surface area (Å²) in [5.74, 6) is -1.45. The molecule has 0 aromatic heterocycles. The van der Waals surface area contributed by atoms with Crippen molar-refractivity contribution >= 4 is 18.0 Å². The van der Waals surface area contributed by atoms with E-state index >= 15 is 0 Å². The highest BCUT2D eigenvalue weighted by Crippen LogP contribution is 2.31. The smallest absolute Gasteiger partial charge is 0.348 e. The lowest BCUT2D eigenvalue weighted by Crippen LogP contribution is -2.44. The van der Waals surface area contributed by atoms with Crippen molar-refractivity contribution < 1.29 is 28.5 Å². The van der Waals surface area contributed by atoms with E-state index in [9.17, 15) is 9.59 Å². The third kappa shape index (κ3) is 4.53. The zero-order chi connectivity index (χ0) is 18.4. The molecular formula is C19H24O6. The molecule has 1 fully saturated rings. The van der Waals surface area contributed by atoms with Gasteiger partial charge in [-0.05, 0) is 37.1 Å². The van der Waals surface area contributed by atoms with E-state index in [1.165, 1.54) is 13.2 Å². The fourth-order valence-corrected chi connectivity index (χ4v) is 2.54. The molecule has 0 aliphatic carbocycles. The predicted octanol–water partition coefficient (Wildman–Crippen LogP) is 3.48. The molecule has 1 saturated heterocycles. The molecule has 0 atom stereocenters. The van der Waals surface area contributed by atoms with Crippen LogP contribution in [-0.2, 0) is 19.1 Å². The number of ether oxygens (including phenoxy) is 4. The summed E-state index contributed by atoms with van der Waals surface area (Å²) in [4.78, 5) is 24.5. The second-order valence-electron chi connectivity index (χ2n) is 5.92. The monoisotopic (exact) mass is 348 g/mol. The maximum Gasteiger partial charge on any atom is 0.348 e. The van der Waals surface area contributed by atoms with Crippen LogP contribution in [0.1, 0.15) is 45.6 Å². The maximum atomic E-state index is 12.3. The molecule has 25 heavy (non-hydrogen) atoms. The standard InChI is InChI=1S/C19H24O6/c1-5-7-10-19(3)24-17(20)14(18(21)25-19)11-13-8-9-15(23-6-2)16(12-13)22-4/h8-9,11-12H,5-7,10H2,1-4H3. The summed E-state index contributed by atoms with van der Waals surface area (Å²) >= 11 is 0. The van der Waals surface area contributed by atoms with Crippen LogP contribution in [0.3, 0.4) is 0 Å². The molecular weight excluding hydrogens is 324 g/mol. The number of cyclic esters (lactones) is 2. The van der Waals surface area contributed by atoms with E-state index in [4.69, 9.17) is 18.9 Å². The van der Waals surface area contributed by atoms with E-state index in [2.05, 4.69) is 0 Å². The zero-order valence-corrected chi connectivity index (χ0v) is 15.1. The van der Waals surface area contributed by atoms with Gasteiger partial charge in [0.25, 0.3) is 5.79 Å². The van der Waals surface area contributed by atoms with Crippen LogP contribution < -0.4 is 9.47 Å². The minimum atomic E-state index is -1.20. The lowest BCUT2D eigenvalue weighted by Gasteiger charge is -2.33. The average Bonchev–Trinajstić information content (AvgIpc) is 2.57. The summed E-state index contributed by atoms with van der Waals surface area (Å²) in [6, 6.07) is 5.13. The summed E-state index contributed by atoms with van der Waals surface area (Å²) in [6.45, 7) is 6.00. The van der Waals surface area contributed by atoms with E-state index in [0.29, 0.717) is 30.1 Å². The molecule has 1 aliphatic heterocycles. The molecule has 0 N–H and O–H groups in total. The first kappa shape index (κ1) is 18.8. The first-order chi connectivity index (χ1) is 11.9. The van der Waals surface area contributed by atoms with Gasteiger partial charge in [0.1, 0.15) is 5.57 Å². The molecule has 0 amide bonds. The van der Waals surface area contributed by atoms with Crippen LogP contribution in [0.5, 0.6) is 11.5 Å². The van der Waals surface area contributed by atoms with Crippen LogP contribution in [0.2, 0.25) is 0 Å². The van der Waals surface area contributed by atoms with Crippen LogP contribution >= 0.6 is 0 Å². The molecule has 6 heteroatoms. The van der Waals surface area contributed by atoms with Gasteiger partial charge in [0, 0.05) is 13.3 Å². The minimum absolute atomic E-state index is 0.139.